The molecule has 0 radical (unpaired) electrons. The summed E-state index contributed by atoms with van der Waals surface area (Å²) in [5.41, 5.74) is 7.05. The number of anilines is 1. The molecule has 0 bridgehead atoms. The Kier molecular flexibility index (Phi) is 5.32. The van der Waals surface area contributed by atoms with Gasteiger partial charge in [0.15, 0.2) is 5.69 Å². The van der Waals surface area contributed by atoms with Gasteiger partial charge in [-0.05, 0) is 32.9 Å². The molecule has 3 rings (SSSR count). The van der Waals surface area contributed by atoms with E-state index in [1.165, 1.54) is 6.07 Å². The smallest absolute Gasteiger partial charge is 0.410 e. The molecule has 0 aliphatic carbocycles. The summed E-state index contributed by atoms with van der Waals surface area (Å²) < 4.78 is 7.09. The van der Waals surface area contributed by atoms with Crippen LogP contribution in [0.2, 0.25) is 0 Å². The van der Waals surface area contributed by atoms with E-state index in [4.69, 9.17) is 10.5 Å². The fraction of sp³-hybridized carbons (Fsp3) is 0.400. The molecule has 2 heterocycles. The van der Waals surface area contributed by atoms with Crippen molar-refractivity contribution >= 4 is 23.6 Å². The Morgan fingerprint density at radius 2 is 1.90 bits per heavy atom. The molecular formula is C20H25N5O4. The highest BCUT2D eigenvalue weighted by Crippen LogP contribution is 2.25. The number of ether oxygens (including phenoxy) is 1. The van der Waals surface area contributed by atoms with Crippen LogP contribution < -0.4 is 11.1 Å². The van der Waals surface area contributed by atoms with Gasteiger partial charge in [-0.2, -0.15) is 5.10 Å². The van der Waals surface area contributed by atoms with Crippen LogP contribution in [-0.2, 0) is 24.8 Å². The quantitative estimate of drug-likeness (QED) is 0.819. The summed E-state index contributed by atoms with van der Waals surface area (Å²) in [6.07, 6.45) is 0.126. The second kappa shape index (κ2) is 7.57. The van der Waals surface area contributed by atoms with Crippen LogP contribution in [0, 0.1) is 0 Å². The third-order valence-electron chi connectivity index (χ3n) is 4.55. The molecule has 0 saturated heterocycles. The average Bonchev–Trinajstić information content (AvgIpc) is 2.97. The molecule has 9 heteroatoms. The number of rotatable bonds is 3. The van der Waals surface area contributed by atoms with Crippen LogP contribution in [0.15, 0.2) is 24.3 Å². The third kappa shape index (κ3) is 4.39. The topological polar surface area (TPSA) is 120 Å². The molecule has 1 aliphatic heterocycles. The number of hydrogen-bond donors (Lipinski definition) is 2. The molecule has 3 amide bonds. The number of amides is 3. The number of aryl methyl sites for hydroxylation is 1. The number of fused-ring (bicyclic) bond motifs is 1. The molecule has 0 spiro atoms. The Balaban J connectivity index is 1.85. The number of aromatic nitrogens is 2. The molecule has 9 nitrogen and oxygen atoms in total. The monoisotopic (exact) mass is 399 g/mol. The number of nitrogens with two attached hydrogens (primary N) is 1. The van der Waals surface area contributed by atoms with Crippen molar-refractivity contribution in [3.05, 3.63) is 46.8 Å². The van der Waals surface area contributed by atoms with E-state index in [1.54, 1.807) is 55.6 Å². The van der Waals surface area contributed by atoms with Gasteiger partial charge in [0, 0.05) is 31.3 Å². The number of para-hydroxylation sites is 1. The van der Waals surface area contributed by atoms with Crippen LogP contribution in [0.25, 0.3) is 0 Å². The van der Waals surface area contributed by atoms with Gasteiger partial charge in [0.1, 0.15) is 5.60 Å². The molecule has 1 aromatic carbocycles. The fourth-order valence-corrected chi connectivity index (χ4v) is 3.25. The predicted molar refractivity (Wildman–Crippen MR) is 106 cm³/mol. The van der Waals surface area contributed by atoms with Crippen LogP contribution in [0.5, 0.6) is 0 Å². The average molecular weight is 399 g/mol. The molecule has 3 N–H and O–H groups in total. The van der Waals surface area contributed by atoms with Gasteiger partial charge in [-0.3, -0.25) is 14.3 Å². The zero-order valence-corrected chi connectivity index (χ0v) is 17.0. The SMILES string of the molecule is Cn1nc(C(=O)Nc2ccccc2C(N)=O)c2c1CCN(C(=O)OC(C)(C)C)C2. The van der Waals surface area contributed by atoms with Crippen LogP contribution >= 0.6 is 0 Å². The number of benzene rings is 1. The Labute approximate surface area is 168 Å². The largest absolute Gasteiger partial charge is 0.444 e. The maximum atomic E-state index is 12.9. The predicted octanol–water partition coefficient (Wildman–Crippen LogP) is 2.06. The van der Waals surface area contributed by atoms with Crippen molar-refractivity contribution in [1.82, 2.24) is 14.7 Å². The standard InChI is InChI=1S/C20H25N5O4/c1-20(2,3)29-19(28)25-10-9-15-13(11-25)16(23-24(15)4)18(27)22-14-8-6-5-7-12(14)17(21)26/h5-8H,9-11H2,1-4H3,(H2,21,26)(H,22,27). The van der Waals surface area contributed by atoms with Gasteiger partial charge in [-0.1, -0.05) is 12.1 Å². The van der Waals surface area contributed by atoms with Gasteiger partial charge in [-0.15, -0.1) is 0 Å². The van der Waals surface area contributed by atoms with Crippen LogP contribution in [0.1, 0.15) is 52.9 Å². The molecule has 1 aromatic heterocycles. The first-order chi connectivity index (χ1) is 13.6. The molecule has 0 atom stereocenters. The van der Waals surface area contributed by atoms with Crippen molar-refractivity contribution in [2.24, 2.45) is 12.8 Å². The number of nitrogens with one attached hydrogen (secondary N) is 1. The number of nitrogens with zero attached hydrogens (tertiary/aromatic N) is 3. The molecule has 0 fully saturated rings. The molecule has 29 heavy (non-hydrogen) atoms. The van der Waals surface area contributed by atoms with Crippen molar-refractivity contribution in [3.8, 4) is 0 Å². The van der Waals surface area contributed by atoms with Crippen LogP contribution in [0.4, 0.5) is 10.5 Å². The van der Waals surface area contributed by atoms with E-state index in [9.17, 15) is 14.4 Å². The fourth-order valence-electron chi connectivity index (χ4n) is 3.25. The molecule has 0 unspecified atom stereocenters. The first-order valence-electron chi connectivity index (χ1n) is 9.29. The van der Waals surface area contributed by atoms with E-state index >= 15 is 0 Å². The Morgan fingerprint density at radius 3 is 2.55 bits per heavy atom. The highest BCUT2D eigenvalue weighted by atomic mass is 16.6. The van der Waals surface area contributed by atoms with Crippen molar-refractivity contribution in [2.75, 3.05) is 11.9 Å². The Morgan fingerprint density at radius 1 is 1.21 bits per heavy atom. The lowest BCUT2D eigenvalue weighted by molar-refractivity contribution is 0.0221. The summed E-state index contributed by atoms with van der Waals surface area (Å²) in [5.74, 6) is -1.11. The highest BCUT2D eigenvalue weighted by Gasteiger charge is 2.31. The molecule has 0 saturated carbocycles. The summed E-state index contributed by atoms with van der Waals surface area (Å²) >= 11 is 0. The lowest BCUT2D eigenvalue weighted by atomic mass is 10.0. The summed E-state index contributed by atoms with van der Waals surface area (Å²) in [7, 11) is 1.76. The normalized spacial score (nSPS) is 13.6. The van der Waals surface area contributed by atoms with Gasteiger partial charge < -0.3 is 20.7 Å². The maximum absolute atomic E-state index is 12.9. The molecule has 2 aromatic rings. The van der Waals surface area contributed by atoms with Crippen molar-refractivity contribution in [1.29, 1.82) is 0 Å². The summed E-state index contributed by atoms with van der Waals surface area (Å²) in [6.45, 7) is 6.11. The minimum Gasteiger partial charge on any atom is -0.444 e. The zero-order valence-electron chi connectivity index (χ0n) is 17.0. The lowest BCUT2D eigenvalue weighted by Crippen LogP contribution is -2.40. The number of hydrogen-bond acceptors (Lipinski definition) is 5. The van der Waals surface area contributed by atoms with E-state index in [0.717, 1.165) is 5.69 Å². The second-order valence-electron chi connectivity index (χ2n) is 7.91. The second-order valence-corrected chi connectivity index (χ2v) is 7.91. The highest BCUT2D eigenvalue weighted by molar-refractivity contribution is 6.08. The van der Waals surface area contributed by atoms with E-state index in [1.807, 2.05) is 0 Å². The molecule has 154 valence electrons. The molecule has 1 aliphatic rings. The summed E-state index contributed by atoms with van der Waals surface area (Å²) in [4.78, 5) is 38.5. The van der Waals surface area contributed by atoms with Crippen molar-refractivity contribution in [3.63, 3.8) is 0 Å². The Hall–Kier alpha value is -3.36. The zero-order chi connectivity index (χ0) is 21.3. The first-order valence-corrected chi connectivity index (χ1v) is 9.29. The minimum atomic E-state index is -0.639. The van der Waals surface area contributed by atoms with Crippen molar-refractivity contribution < 1.29 is 19.1 Å². The number of carbonyl (C=O) groups is 3. The maximum Gasteiger partial charge on any atom is 0.410 e. The van der Waals surface area contributed by atoms with Crippen LogP contribution in [0.3, 0.4) is 0 Å². The van der Waals surface area contributed by atoms with E-state index < -0.39 is 23.5 Å². The number of carbonyl (C=O) groups excluding carboxylic acids is 3. The van der Waals surface area contributed by atoms with Gasteiger partial charge in [-0.25, -0.2) is 4.79 Å². The van der Waals surface area contributed by atoms with E-state index in [-0.39, 0.29) is 17.8 Å². The van der Waals surface area contributed by atoms with Gasteiger partial charge in [0.2, 0.25) is 0 Å². The van der Waals surface area contributed by atoms with Gasteiger partial charge >= 0.3 is 6.09 Å². The molecular weight excluding hydrogens is 374 g/mol. The minimum absolute atomic E-state index is 0.204. The number of primary amides is 1. The first kappa shape index (κ1) is 20.4. The van der Waals surface area contributed by atoms with Crippen molar-refractivity contribution in [2.45, 2.75) is 39.3 Å². The van der Waals surface area contributed by atoms with Gasteiger partial charge in [0.25, 0.3) is 11.8 Å². The van der Waals surface area contributed by atoms with Crippen LogP contribution in [-0.4, -0.2) is 44.7 Å². The Bertz CT molecular complexity index is 974. The van der Waals surface area contributed by atoms with E-state index in [2.05, 4.69) is 10.4 Å². The third-order valence-corrected chi connectivity index (χ3v) is 4.55. The van der Waals surface area contributed by atoms with E-state index in [0.29, 0.717) is 24.2 Å². The summed E-state index contributed by atoms with van der Waals surface area (Å²) in [6, 6.07) is 6.49. The lowest BCUT2D eigenvalue weighted by Gasteiger charge is -2.30. The summed E-state index contributed by atoms with van der Waals surface area (Å²) in [5, 5.41) is 7.04. The van der Waals surface area contributed by atoms with Gasteiger partial charge in [0.05, 0.1) is 17.8 Å².